The SMILES string of the molecule is COc1ccc([C@@]23C(=O)N(Nc4ccc(Cl)cc4Cl)C(=O)[C@@H]2C[C@@H]2C(=CC[C@@H]4C(=O)N(C)C(=O)[C@@H]42)[C@@H]3C=Cc2cc(OC)c(O)c(OC)c2)cc1. The van der Waals surface area contributed by atoms with E-state index in [0.29, 0.717) is 34.0 Å². The molecule has 2 heterocycles. The zero-order valence-electron chi connectivity index (χ0n) is 28.2. The topological polar surface area (TPSA) is 135 Å². The highest BCUT2D eigenvalue weighted by atomic mass is 35.5. The van der Waals surface area contributed by atoms with E-state index in [2.05, 4.69) is 5.43 Å². The fraction of sp³-hybridized carbons (Fsp3) is 0.316. The van der Waals surface area contributed by atoms with Crippen molar-refractivity contribution in [2.24, 2.45) is 29.6 Å². The Morgan fingerprint density at radius 2 is 1.57 bits per heavy atom. The van der Waals surface area contributed by atoms with Gasteiger partial charge in [0.1, 0.15) is 5.75 Å². The van der Waals surface area contributed by atoms with Crippen molar-refractivity contribution in [3.05, 3.63) is 93.5 Å². The second-order valence-electron chi connectivity index (χ2n) is 13.1. The summed E-state index contributed by atoms with van der Waals surface area (Å²) in [5, 5.41) is 12.2. The zero-order chi connectivity index (χ0) is 36.4. The van der Waals surface area contributed by atoms with Gasteiger partial charge < -0.3 is 19.3 Å². The summed E-state index contributed by atoms with van der Waals surface area (Å²) in [6.07, 6.45) is 6.06. The maximum absolute atomic E-state index is 15.2. The van der Waals surface area contributed by atoms with Crippen LogP contribution >= 0.6 is 23.2 Å². The van der Waals surface area contributed by atoms with Crippen molar-refractivity contribution >= 4 is 58.6 Å². The number of hydrazine groups is 1. The van der Waals surface area contributed by atoms with Crippen LogP contribution in [0.15, 0.2) is 72.3 Å². The third-order valence-electron chi connectivity index (χ3n) is 10.8. The number of carbonyl (C=O) groups excluding carboxylic acids is 4. The fourth-order valence-corrected chi connectivity index (χ4v) is 8.92. The average Bonchev–Trinajstić information content (AvgIpc) is 3.48. The van der Waals surface area contributed by atoms with Crippen LogP contribution in [0, 0.1) is 29.6 Å². The molecule has 264 valence electrons. The Balaban J connectivity index is 1.45. The van der Waals surface area contributed by atoms with Gasteiger partial charge in [-0.15, -0.1) is 0 Å². The van der Waals surface area contributed by atoms with Crippen molar-refractivity contribution in [3.8, 4) is 23.0 Å². The number of hydrogen-bond acceptors (Lipinski definition) is 9. The Kier molecular flexibility index (Phi) is 8.75. The maximum atomic E-state index is 15.2. The van der Waals surface area contributed by atoms with Crippen molar-refractivity contribution in [1.29, 1.82) is 0 Å². The van der Waals surface area contributed by atoms with E-state index in [1.807, 2.05) is 12.2 Å². The molecular formula is C38H35Cl2N3O8. The lowest BCUT2D eigenvalue weighted by molar-refractivity contribution is -0.140. The van der Waals surface area contributed by atoms with Crippen LogP contribution < -0.4 is 19.6 Å². The van der Waals surface area contributed by atoms with E-state index < -0.39 is 46.8 Å². The summed E-state index contributed by atoms with van der Waals surface area (Å²) in [7, 11) is 5.88. The number of allylic oxidation sites excluding steroid dienone is 3. The summed E-state index contributed by atoms with van der Waals surface area (Å²) < 4.78 is 16.2. The highest BCUT2D eigenvalue weighted by Crippen LogP contribution is 2.61. The molecule has 0 radical (unpaired) electrons. The number of benzene rings is 3. The molecule has 0 unspecified atom stereocenters. The Bertz CT molecular complexity index is 2010. The molecule has 6 atom stereocenters. The standard InChI is InChI=1S/C38H35Cl2N3O8/c1-42-34(45)24-12-11-23-25(32(24)36(42)47)18-27-35(46)43(41-29-14-8-21(39)17-28(29)40)37(48)38(27,20-6-9-22(49-2)10-7-20)26(23)13-5-19-15-30(50-3)33(44)31(16-19)51-4/h5-11,13-17,24-27,32,41,44H,12,18H2,1-4H3/t24-,25+,26-,27-,32-,38-/m0/s1. The maximum Gasteiger partial charge on any atom is 0.260 e. The van der Waals surface area contributed by atoms with Gasteiger partial charge in [0, 0.05) is 18.0 Å². The summed E-state index contributed by atoms with van der Waals surface area (Å²) in [5.41, 5.74) is 3.73. The van der Waals surface area contributed by atoms with Crippen LogP contribution in [-0.4, -0.2) is 67.0 Å². The lowest BCUT2D eigenvalue weighted by Gasteiger charge is -2.49. The molecule has 2 aliphatic carbocycles. The number of methoxy groups -OCH3 is 3. The minimum atomic E-state index is -1.50. The first-order valence-corrected chi connectivity index (χ1v) is 17.1. The number of aromatic hydroxyl groups is 1. The number of phenolic OH excluding ortho intramolecular Hbond substituents is 1. The number of phenols is 1. The van der Waals surface area contributed by atoms with Gasteiger partial charge in [-0.3, -0.25) is 29.5 Å². The van der Waals surface area contributed by atoms with E-state index in [-0.39, 0.29) is 40.5 Å². The number of nitrogens with zero attached hydrogens (tertiary/aromatic N) is 2. The van der Waals surface area contributed by atoms with Crippen LogP contribution in [0.5, 0.6) is 23.0 Å². The van der Waals surface area contributed by atoms with Crippen LogP contribution in [0.1, 0.15) is 24.0 Å². The Labute approximate surface area is 304 Å². The fourth-order valence-electron chi connectivity index (χ4n) is 8.46. The average molecular weight is 733 g/mol. The van der Waals surface area contributed by atoms with Crippen molar-refractivity contribution in [2.75, 3.05) is 33.8 Å². The molecule has 0 spiro atoms. The predicted molar refractivity (Wildman–Crippen MR) is 189 cm³/mol. The number of hydrogen-bond donors (Lipinski definition) is 2. The molecule has 4 amide bonds. The molecular weight excluding hydrogens is 697 g/mol. The molecule has 7 rings (SSSR count). The molecule has 2 aliphatic heterocycles. The van der Waals surface area contributed by atoms with Gasteiger partial charge in [0.2, 0.25) is 17.6 Å². The van der Waals surface area contributed by atoms with Crippen LogP contribution in [-0.2, 0) is 24.6 Å². The van der Waals surface area contributed by atoms with E-state index in [9.17, 15) is 19.5 Å². The minimum absolute atomic E-state index is 0.147. The molecule has 3 fully saturated rings. The lowest BCUT2D eigenvalue weighted by atomic mass is 9.50. The van der Waals surface area contributed by atoms with E-state index in [0.717, 1.165) is 10.6 Å². The molecule has 3 aromatic carbocycles. The number of fused-ring (bicyclic) bond motifs is 4. The van der Waals surface area contributed by atoms with Gasteiger partial charge in [-0.05, 0) is 72.4 Å². The molecule has 0 bridgehead atoms. The number of rotatable bonds is 8. The highest BCUT2D eigenvalue weighted by molar-refractivity contribution is 6.36. The summed E-state index contributed by atoms with van der Waals surface area (Å²) >= 11 is 12.7. The van der Waals surface area contributed by atoms with Gasteiger partial charge in [0.05, 0.1) is 55.2 Å². The Morgan fingerprint density at radius 1 is 0.882 bits per heavy atom. The Morgan fingerprint density at radius 3 is 2.20 bits per heavy atom. The molecule has 3 aromatic rings. The third kappa shape index (κ3) is 5.24. The third-order valence-corrected chi connectivity index (χ3v) is 11.4. The lowest BCUT2D eigenvalue weighted by Crippen LogP contribution is -2.54. The normalized spacial score (nSPS) is 26.9. The minimum Gasteiger partial charge on any atom is -0.502 e. The first kappa shape index (κ1) is 34.4. The van der Waals surface area contributed by atoms with Gasteiger partial charge in [-0.25, -0.2) is 0 Å². The van der Waals surface area contributed by atoms with Gasteiger partial charge in [0.25, 0.3) is 11.8 Å². The molecule has 11 nitrogen and oxygen atoms in total. The molecule has 4 aliphatic rings. The van der Waals surface area contributed by atoms with E-state index in [1.54, 1.807) is 61.7 Å². The van der Waals surface area contributed by atoms with E-state index >= 15 is 4.79 Å². The summed E-state index contributed by atoms with van der Waals surface area (Å²) in [5.74, 6) is -4.28. The number of anilines is 1. The van der Waals surface area contributed by atoms with Crippen molar-refractivity contribution in [2.45, 2.75) is 18.3 Å². The van der Waals surface area contributed by atoms with E-state index in [1.165, 1.54) is 32.2 Å². The quantitative estimate of drug-likeness (QED) is 0.215. The van der Waals surface area contributed by atoms with Crippen molar-refractivity contribution < 1.29 is 38.5 Å². The number of imide groups is 2. The molecule has 51 heavy (non-hydrogen) atoms. The van der Waals surface area contributed by atoms with Crippen LogP contribution in [0.25, 0.3) is 6.08 Å². The van der Waals surface area contributed by atoms with E-state index in [4.69, 9.17) is 37.4 Å². The first-order valence-electron chi connectivity index (χ1n) is 16.3. The number of nitrogens with one attached hydrogen (secondary N) is 1. The zero-order valence-corrected chi connectivity index (χ0v) is 29.7. The van der Waals surface area contributed by atoms with Crippen LogP contribution in [0.3, 0.4) is 0 Å². The molecule has 13 heteroatoms. The first-order chi connectivity index (χ1) is 24.5. The predicted octanol–water partition coefficient (Wildman–Crippen LogP) is 5.89. The highest BCUT2D eigenvalue weighted by Gasteiger charge is 2.69. The monoisotopic (exact) mass is 731 g/mol. The smallest absolute Gasteiger partial charge is 0.260 e. The number of likely N-dealkylation sites (tertiary alicyclic amines) is 1. The van der Waals surface area contributed by atoms with Gasteiger partial charge in [-0.1, -0.05) is 59.1 Å². The second kappa shape index (κ2) is 13.0. The summed E-state index contributed by atoms with van der Waals surface area (Å²) in [6, 6.07) is 15.0. The summed E-state index contributed by atoms with van der Waals surface area (Å²) in [6.45, 7) is 0. The number of carbonyl (C=O) groups is 4. The van der Waals surface area contributed by atoms with Gasteiger partial charge >= 0.3 is 0 Å². The van der Waals surface area contributed by atoms with Crippen molar-refractivity contribution in [1.82, 2.24) is 9.91 Å². The van der Waals surface area contributed by atoms with Crippen LogP contribution in [0.2, 0.25) is 10.0 Å². The Hall–Kier alpha value is -5.00. The molecule has 2 N–H and O–H groups in total. The van der Waals surface area contributed by atoms with Gasteiger partial charge in [-0.2, -0.15) is 5.01 Å². The molecule has 0 aromatic heterocycles. The largest absolute Gasteiger partial charge is 0.502 e. The number of amides is 4. The van der Waals surface area contributed by atoms with Gasteiger partial charge in [0.15, 0.2) is 11.5 Å². The molecule has 1 saturated carbocycles. The number of halogens is 2. The summed E-state index contributed by atoms with van der Waals surface area (Å²) in [4.78, 5) is 58.0. The second-order valence-corrected chi connectivity index (χ2v) is 14.0. The number of ether oxygens (including phenoxy) is 3. The van der Waals surface area contributed by atoms with Crippen molar-refractivity contribution in [3.63, 3.8) is 0 Å². The molecule has 2 saturated heterocycles. The van der Waals surface area contributed by atoms with Crippen LogP contribution in [0.4, 0.5) is 5.69 Å².